The van der Waals surface area contributed by atoms with Gasteiger partial charge in [0.05, 0.1) is 5.56 Å². The van der Waals surface area contributed by atoms with E-state index < -0.39 is 29.5 Å². The van der Waals surface area contributed by atoms with Crippen molar-refractivity contribution in [3.8, 4) is 0 Å². The van der Waals surface area contributed by atoms with E-state index in [2.05, 4.69) is 4.98 Å². The number of aromatic carboxylic acids is 1. The molecule has 0 bridgehead atoms. The van der Waals surface area contributed by atoms with Crippen molar-refractivity contribution in [3.05, 3.63) is 29.3 Å². The van der Waals surface area contributed by atoms with E-state index in [1.165, 1.54) is 0 Å². The van der Waals surface area contributed by atoms with Gasteiger partial charge >= 0.3 is 5.97 Å². The Morgan fingerprint density at radius 2 is 2.15 bits per heavy atom. The van der Waals surface area contributed by atoms with Gasteiger partial charge in [-0.1, -0.05) is 0 Å². The number of hydrogen-bond donors (Lipinski definition) is 1. The SMILES string of the molecule is O=C(O)c1nccc(C(F)F)c1F. The van der Waals surface area contributed by atoms with Crippen LogP contribution in [-0.4, -0.2) is 16.1 Å². The summed E-state index contributed by atoms with van der Waals surface area (Å²) < 4.78 is 36.9. The van der Waals surface area contributed by atoms with Crippen LogP contribution in [0.25, 0.3) is 0 Å². The van der Waals surface area contributed by atoms with Gasteiger partial charge in [0.25, 0.3) is 6.43 Å². The lowest BCUT2D eigenvalue weighted by molar-refractivity contribution is 0.0683. The van der Waals surface area contributed by atoms with Gasteiger partial charge in [0, 0.05) is 6.20 Å². The van der Waals surface area contributed by atoms with Crippen LogP contribution in [0, 0.1) is 5.82 Å². The average molecular weight is 191 g/mol. The van der Waals surface area contributed by atoms with Crippen molar-refractivity contribution in [3.63, 3.8) is 0 Å². The second kappa shape index (κ2) is 3.42. The summed E-state index contributed by atoms with van der Waals surface area (Å²) in [5.74, 6) is -3.15. The largest absolute Gasteiger partial charge is 0.476 e. The van der Waals surface area contributed by atoms with Crippen molar-refractivity contribution in [2.45, 2.75) is 6.43 Å². The molecule has 0 aliphatic rings. The zero-order chi connectivity index (χ0) is 10.0. The third kappa shape index (κ3) is 1.77. The molecule has 0 aliphatic carbocycles. The fourth-order valence-corrected chi connectivity index (χ4v) is 0.776. The van der Waals surface area contributed by atoms with Crippen molar-refractivity contribution >= 4 is 5.97 Å². The molecule has 0 aromatic carbocycles. The zero-order valence-corrected chi connectivity index (χ0v) is 6.17. The summed E-state index contributed by atoms with van der Waals surface area (Å²) >= 11 is 0. The average Bonchev–Trinajstić information content (AvgIpc) is 2.03. The first-order valence-electron chi connectivity index (χ1n) is 3.20. The quantitative estimate of drug-likeness (QED) is 0.776. The number of aromatic nitrogens is 1. The number of nitrogens with zero attached hydrogens (tertiary/aromatic N) is 1. The predicted octanol–water partition coefficient (Wildman–Crippen LogP) is 1.86. The van der Waals surface area contributed by atoms with Crippen LogP contribution in [0.2, 0.25) is 0 Å². The molecular weight excluding hydrogens is 187 g/mol. The molecule has 1 N–H and O–H groups in total. The first kappa shape index (κ1) is 9.50. The molecule has 1 heterocycles. The number of carbonyl (C=O) groups is 1. The van der Waals surface area contributed by atoms with Gasteiger partial charge in [-0.25, -0.2) is 22.9 Å². The first-order valence-corrected chi connectivity index (χ1v) is 3.20. The van der Waals surface area contributed by atoms with Crippen molar-refractivity contribution in [1.82, 2.24) is 4.98 Å². The van der Waals surface area contributed by atoms with Gasteiger partial charge < -0.3 is 5.11 Å². The maximum Gasteiger partial charge on any atom is 0.357 e. The van der Waals surface area contributed by atoms with E-state index in [1.54, 1.807) is 0 Å². The molecule has 1 rings (SSSR count). The van der Waals surface area contributed by atoms with Crippen molar-refractivity contribution < 1.29 is 23.1 Å². The Morgan fingerprint density at radius 3 is 2.62 bits per heavy atom. The highest BCUT2D eigenvalue weighted by atomic mass is 19.3. The van der Waals surface area contributed by atoms with Crippen LogP contribution in [0.3, 0.4) is 0 Å². The number of alkyl halides is 2. The highest BCUT2D eigenvalue weighted by Crippen LogP contribution is 2.22. The lowest BCUT2D eigenvalue weighted by atomic mass is 10.2. The molecule has 0 atom stereocenters. The van der Waals surface area contributed by atoms with E-state index in [-0.39, 0.29) is 0 Å². The Morgan fingerprint density at radius 1 is 1.54 bits per heavy atom. The molecular formula is C7H4F3NO2. The number of hydrogen-bond acceptors (Lipinski definition) is 2. The van der Waals surface area contributed by atoms with Crippen LogP contribution < -0.4 is 0 Å². The van der Waals surface area contributed by atoms with Gasteiger partial charge in [-0.05, 0) is 6.07 Å². The van der Waals surface area contributed by atoms with Gasteiger partial charge in [-0.15, -0.1) is 0 Å². The normalized spacial score (nSPS) is 10.5. The van der Waals surface area contributed by atoms with Gasteiger partial charge in [-0.3, -0.25) is 0 Å². The summed E-state index contributed by atoms with van der Waals surface area (Å²) in [6.07, 6.45) is -2.21. The minimum Gasteiger partial charge on any atom is -0.476 e. The van der Waals surface area contributed by atoms with E-state index in [9.17, 15) is 18.0 Å². The minimum absolute atomic E-state index is 0.742. The summed E-state index contributed by atoms with van der Waals surface area (Å²) in [5.41, 5.74) is -1.94. The second-order valence-corrected chi connectivity index (χ2v) is 2.17. The Bertz CT molecular complexity index is 341. The van der Waals surface area contributed by atoms with Gasteiger partial charge in [0.1, 0.15) is 0 Å². The van der Waals surface area contributed by atoms with E-state index in [0.717, 1.165) is 12.3 Å². The summed E-state index contributed by atoms with van der Waals surface area (Å²) in [6.45, 7) is 0. The van der Waals surface area contributed by atoms with Crippen LogP contribution in [0.1, 0.15) is 22.5 Å². The fraction of sp³-hybridized carbons (Fsp3) is 0.143. The number of halogens is 3. The molecule has 0 radical (unpaired) electrons. The molecule has 0 fully saturated rings. The van der Waals surface area contributed by atoms with Crippen LogP contribution in [-0.2, 0) is 0 Å². The first-order chi connectivity index (χ1) is 6.04. The lowest BCUT2D eigenvalue weighted by Gasteiger charge is -2.02. The van der Waals surface area contributed by atoms with E-state index >= 15 is 0 Å². The van der Waals surface area contributed by atoms with Crippen molar-refractivity contribution in [1.29, 1.82) is 0 Å². The minimum atomic E-state index is -3.04. The predicted molar refractivity (Wildman–Crippen MR) is 36.1 cm³/mol. The molecule has 13 heavy (non-hydrogen) atoms. The summed E-state index contributed by atoms with van der Waals surface area (Å²) in [5, 5.41) is 8.32. The fourth-order valence-electron chi connectivity index (χ4n) is 0.776. The Kier molecular flexibility index (Phi) is 2.50. The Labute approximate surface area is 70.8 Å². The molecule has 0 unspecified atom stereocenters. The van der Waals surface area contributed by atoms with Crippen molar-refractivity contribution in [2.24, 2.45) is 0 Å². The molecule has 0 aliphatic heterocycles. The molecule has 1 aromatic heterocycles. The molecule has 0 amide bonds. The zero-order valence-electron chi connectivity index (χ0n) is 6.17. The highest BCUT2D eigenvalue weighted by molar-refractivity contribution is 5.85. The van der Waals surface area contributed by atoms with Crippen molar-refractivity contribution in [2.75, 3.05) is 0 Å². The molecule has 3 nitrogen and oxygen atoms in total. The van der Waals surface area contributed by atoms with Crippen LogP contribution in [0.4, 0.5) is 13.2 Å². The van der Waals surface area contributed by atoms with E-state index in [1.807, 2.05) is 0 Å². The van der Waals surface area contributed by atoms with Crippen LogP contribution in [0.15, 0.2) is 12.3 Å². The maximum absolute atomic E-state index is 12.9. The Hall–Kier alpha value is -1.59. The monoisotopic (exact) mass is 191 g/mol. The van der Waals surface area contributed by atoms with Gasteiger partial charge in [-0.2, -0.15) is 0 Å². The molecule has 6 heteroatoms. The third-order valence-electron chi connectivity index (χ3n) is 1.36. The maximum atomic E-state index is 12.9. The number of carboxylic acids is 1. The molecule has 0 saturated carbocycles. The van der Waals surface area contributed by atoms with Gasteiger partial charge in [0.15, 0.2) is 11.5 Å². The highest BCUT2D eigenvalue weighted by Gasteiger charge is 2.20. The standard InChI is InChI=1S/C7H4F3NO2/c8-4-3(6(9)10)1-2-11-5(4)7(12)13/h1-2,6H,(H,12,13). The number of carboxylic acid groups (broad SMARTS) is 1. The van der Waals surface area contributed by atoms with Crippen LogP contribution >= 0.6 is 0 Å². The van der Waals surface area contributed by atoms with E-state index in [4.69, 9.17) is 5.11 Å². The van der Waals surface area contributed by atoms with Gasteiger partial charge in [0.2, 0.25) is 0 Å². The molecule has 0 spiro atoms. The summed E-state index contributed by atoms with van der Waals surface area (Å²) in [4.78, 5) is 13.4. The smallest absolute Gasteiger partial charge is 0.357 e. The molecule has 0 saturated heterocycles. The second-order valence-electron chi connectivity index (χ2n) is 2.17. The number of rotatable bonds is 2. The number of pyridine rings is 1. The topological polar surface area (TPSA) is 50.2 Å². The summed E-state index contributed by atoms with van der Waals surface area (Å²) in [6, 6.07) is 0.742. The molecule has 70 valence electrons. The summed E-state index contributed by atoms with van der Waals surface area (Å²) in [7, 11) is 0. The van der Waals surface area contributed by atoms with E-state index in [0.29, 0.717) is 0 Å². The van der Waals surface area contributed by atoms with Crippen LogP contribution in [0.5, 0.6) is 0 Å². The third-order valence-corrected chi connectivity index (χ3v) is 1.36. The Balaban J connectivity index is 3.26. The lowest BCUT2D eigenvalue weighted by Crippen LogP contribution is -2.06. The molecule has 1 aromatic rings.